The second-order valence-electron chi connectivity index (χ2n) is 3.61. The predicted molar refractivity (Wildman–Crippen MR) is 57.8 cm³/mol. The van der Waals surface area contributed by atoms with Crippen molar-refractivity contribution in [2.24, 2.45) is 0 Å². The molecule has 0 saturated heterocycles. The second-order valence-corrected chi connectivity index (χ2v) is 3.61. The number of rotatable bonds is 1. The summed E-state index contributed by atoms with van der Waals surface area (Å²) < 4.78 is 0. The van der Waals surface area contributed by atoms with Crippen molar-refractivity contribution < 1.29 is 25.0 Å². The first-order valence-corrected chi connectivity index (χ1v) is 4.97. The molecular formula is C11H13NO5. The number of hydrogen-bond donors (Lipinski definition) is 4. The highest BCUT2D eigenvalue weighted by Gasteiger charge is 2.19. The van der Waals surface area contributed by atoms with Gasteiger partial charge in [0.2, 0.25) is 0 Å². The van der Waals surface area contributed by atoms with E-state index in [4.69, 9.17) is 25.0 Å². The van der Waals surface area contributed by atoms with Crippen LogP contribution >= 0.6 is 0 Å². The Kier molecular flexibility index (Phi) is 4.62. The summed E-state index contributed by atoms with van der Waals surface area (Å²) in [7, 11) is 0. The van der Waals surface area contributed by atoms with Gasteiger partial charge >= 0.3 is 11.9 Å². The zero-order valence-corrected chi connectivity index (χ0v) is 8.96. The van der Waals surface area contributed by atoms with E-state index in [-0.39, 0.29) is 6.04 Å². The molecule has 0 atom stereocenters. The molecule has 4 N–H and O–H groups in total. The van der Waals surface area contributed by atoms with Crippen molar-refractivity contribution in [3.63, 3.8) is 0 Å². The minimum Gasteiger partial charge on any atom is -0.473 e. The number of carboxylic acid groups (broad SMARTS) is 2. The molecule has 0 aliphatic heterocycles. The average molecular weight is 239 g/mol. The summed E-state index contributed by atoms with van der Waals surface area (Å²) in [5, 5.41) is 23.5. The van der Waals surface area contributed by atoms with E-state index in [1.165, 1.54) is 11.1 Å². The Labute approximate surface area is 97.5 Å². The lowest BCUT2D eigenvalue weighted by molar-refractivity contribution is -0.159. The van der Waals surface area contributed by atoms with Gasteiger partial charge in [0.05, 0.1) is 0 Å². The predicted octanol–water partition coefficient (Wildman–Crippen LogP) is 0.288. The van der Waals surface area contributed by atoms with E-state index in [0.717, 1.165) is 12.8 Å². The Morgan fingerprint density at radius 3 is 1.76 bits per heavy atom. The quantitative estimate of drug-likeness (QED) is 0.414. The van der Waals surface area contributed by atoms with Crippen LogP contribution in [0.15, 0.2) is 24.3 Å². The van der Waals surface area contributed by atoms with Gasteiger partial charge in [0.1, 0.15) is 0 Å². The maximum absolute atomic E-state index is 9.10. The van der Waals surface area contributed by atoms with Crippen molar-refractivity contribution in [1.29, 1.82) is 0 Å². The fourth-order valence-corrected chi connectivity index (χ4v) is 1.65. The molecule has 6 heteroatoms. The van der Waals surface area contributed by atoms with Crippen molar-refractivity contribution in [3.8, 4) is 0 Å². The maximum Gasteiger partial charge on any atom is 0.414 e. The minimum absolute atomic E-state index is 0.229. The van der Waals surface area contributed by atoms with Crippen molar-refractivity contribution in [2.75, 3.05) is 0 Å². The number of benzene rings is 1. The van der Waals surface area contributed by atoms with Gasteiger partial charge in [-0.3, -0.25) is 0 Å². The molecule has 0 bridgehead atoms. The number of hydrogen-bond acceptors (Lipinski definition) is 4. The molecule has 6 nitrogen and oxygen atoms in total. The van der Waals surface area contributed by atoms with E-state index >= 15 is 0 Å². The van der Waals surface area contributed by atoms with E-state index in [1.807, 2.05) is 12.1 Å². The van der Waals surface area contributed by atoms with Crippen molar-refractivity contribution in [2.45, 2.75) is 18.9 Å². The number of carboxylic acids is 2. The molecule has 0 aromatic heterocycles. The summed E-state index contributed by atoms with van der Waals surface area (Å²) in [5.41, 5.74) is 5.03. The van der Waals surface area contributed by atoms with Crippen LogP contribution in [0.3, 0.4) is 0 Å². The van der Waals surface area contributed by atoms with Gasteiger partial charge in [-0.15, -0.1) is 0 Å². The van der Waals surface area contributed by atoms with Crippen LogP contribution in [0.1, 0.15) is 11.1 Å². The highest BCUT2D eigenvalue weighted by Crippen LogP contribution is 2.20. The molecule has 0 radical (unpaired) electrons. The first-order valence-electron chi connectivity index (χ1n) is 4.97. The van der Waals surface area contributed by atoms with Gasteiger partial charge in [-0.25, -0.2) is 15.1 Å². The third kappa shape index (κ3) is 3.86. The molecule has 0 fully saturated rings. The highest BCUT2D eigenvalue weighted by atomic mass is 16.5. The molecule has 0 unspecified atom stereocenters. The topological polar surface area (TPSA) is 107 Å². The van der Waals surface area contributed by atoms with E-state index < -0.39 is 11.9 Å². The summed E-state index contributed by atoms with van der Waals surface area (Å²) in [6, 6.07) is 8.55. The number of aliphatic carboxylic acids is 2. The fourth-order valence-electron chi connectivity index (χ4n) is 1.65. The Morgan fingerprint density at radius 1 is 1.06 bits per heavy atom. The summed E-state index contributed by atoms with van der Waals surface area (Å²) >= 11 is 0. The molecule has 1 aliphatic rings. The Hall–Kier alpha value is -1.92. The normalized spacial score (nSPS) is 13.5. The summed E-state index contributed by atoms with van der Waals surface area (Å²) in [6.45, 7) is 0. The lowest BCUT2D eigenvalue weighted by atomic mass is 10.1. The summed E-state index contributed by atoms with van der Waals surface area (Å²) in [5.74, 6) is -3.65. The van der Waals surface area contributed by atoms with Gasteiger partial charge in [0, 0.05) is 6.04 Å². The van der Waals surface area contributed by atoms with Gasteiger partial charge < -0.3 is 15.4 Å². The van der Waals surface area contributed by atoms with Crippen molar-refractivity contribution in [1.82, 2.24) is 5.48 Å². The molecule has 2 rings (SSSR count). The molecule has 1 aromatic rings. The fraction of sp³-hybridized carbons (Fsp3) is 0.273. The molecule has 17 heavy (non-hydrogen) atoms. The molecule has 1 aliphatic carbocycles. The van der Waals surface area contributed by atoms with E-state index in [1.54, 1.807) is 0 Å². The van der Waals surface area contributed by atoms with Crippen molar-refractivity contribution in [3.05, 3.63) is 35.4 Å². The largest absolute Gasteiger partial charge is 0.473 e. The first-order chi connectivity index (χ1) is 8.04. The van der Waals surface area contributed by atoms with Crippen LogP contribution in [-0.4, -0.2) is 33.4 Å². The van der Waals surface area contributed by atoms with Gasteiger partial charge in [-0.2, -0.15) is 0 Å². The maximum atomic E-state index is 9.10. The van der Waals surface area contributed by atoms with E-state index in [2.05, 4.69) is 17.6 Å². The van der Waals surface area contributed by atoms with Crippen LogP contribution in [0.2, 0.25) is 0 Å². The molecule has 0 heterocycles. The molecule has 1 aromatic carbocycles. The van der Waals surface area contributed by atoms with Crippen LogP contribution in [0.25, 0.3) is 0 Å². The molecule has 0 saturated carbocycles. The van der Waals surface area contributed by atoms with Crippen molar-refractivity contribution >= 4 is 11.9 Å². The van der Waals surface area contributed by atoms with Gasteiger partial charge in [0.25, 0.3) is 0 Å². The van der Waals surface area contributed by atoms with Crippen LogP contribution < -0.4 is 5.48 Å². The number of hydroxylamine groups is 1. The van der Waals surface area contributed by atoms with Crippen LogP contribution in [0, 0.1) is 0 Å². The molecule has 92 valence electrons. The number of fused-ring (bicyclic) bond motifs is 1. The zero-order valence-electron chi connectivity index (χ0n) is 8.96. The van der Waals surface area contributed by atoms with Crippen LogP contribution in [0.4, 0.5) is 0 Å². The zero-order chi connectivity index (χ0) is 12.8. The smallest absolute Gasteiger partial charge is 0.414 e. The standard InChI is InChI=1S/C9H11NO.C2H2O4/c11-10-9-5-7-3-1-2-4-8(7)6-9;3-1(4)2(5)6/h1-4,9-11H,5-6H2;(H,3,4)(H,5,6). The molecule has 0 amide bonds. The van der Waals surface area contributed by atoms with Gasteiger partial charge in [0.15, 0.2) is 0 Å². The minimum atomic E-state index is -1.82. The lowest BCUT2D eigenvalue weighted by Crippen LogP contribution is -2.25. The van der Waals surface area contributed by atoms with Gasteiger partial charge in [-0.05, 0) is 24.0 Å². The number of nitrogens with one attached hydrogen (secondary N) is 1. The Morgan fingerprint density at radius 2 is 1.47 bits per heavy atom. The van der Waals surface area contributed by atoms with E-state index in [9.17, 15) is 0 Å². The second kappa shape index (κ2) is 5.97. The summed E-state index contributed by atoms with van der Waals surface area (Å²) in [6.07, 6.45) is 1.90. The monoisotopic (exact) mass is 239 g/mol. The molecule has 0 spiro atoms. The highest BCUT2D eigenvalue weighted by molar-refractivity contribution is 6.27. The molecular weight excluding hydrogens is 226 g/mol. The Balaban J connectivity index is 0.000000209. The average Bonchev–Trinajstić information content (AvgIpc) is 2.72. The summed E-state index contributed by atoms with van der Waals surface area (Å²) in [4.78, 5) is 18.2. The Bertz CT molecular complexity index is 381. The van der Waals surface area contributed by atoms with Crippen LogP contribution in [-0.2, 0) is 22.4 Å². The van der Waals surface area contributed by atoms with E-state index in [0.29, 0.717) is 0 Å². The third-order valence-corrected chi connectivity index (χ3v) is 2.42. The SMILES string of the molecule is O=C(O)C(=O)O.ONC1Cc2ccccc2C1. The first kappa shape index (κ1) is 13.1. The number of carbonyl (C=O) groups is 2. The van der Waals surface area contributed by atoms with Crippen LogP contribution in [0.5, 0.6) is 0 Å². The van der Waals surface area contributed by atoms with Gasteiger partial charge in [-0.1, -0.05) is 24.3 Å². The lowest BCUT2D eigenvalue weighted by Gasteiger charge is -2.02. The third-order valence-electron chi connectivity index (χ3n) is 2.42.